The zero-order chi connectivity index (χ0) is 24.6. The molecule has 0 saturated carbocycles. The molecule has 2 aromatic carbocycles. The third-order valence-electron chi connectivity index (χ3n) is 5.45. The van der Waals surface area contributed by atoms with Crippen LogP contribution in [0.5, 0.6) is 0 Å². The third-order valence-corrected chi connectivity index (χ3v) is 6.74. The van der Waals surface area contributed by atoms with Crippen LogP contribution in [0, 0.1) is 19.8 Å². The summed E-state index contributed by atoms with van der Waals surface area (Å²) in [6.45, 7) is 5.69. The first kappa shape index (κ1) is 23.5. The third kappa shape index (κ3) is 4.55. The second-order valence-corrected chi connectivity index (χ2v) is 9.50. The molecule has 8 nitrogen and oxygen atoms in total. The summed E-state index contributed by atoms with van der Waals surface area (Å²) in [7, 11) is 0. The van der Waals surface area contributed by atoms with Gasteiger partial charge in [0.25, 0.3) is 11.8 Å². The number of rotatable bonds is 5. The van der Waals surface area contributed by atoms with Gasteiger partial charge in [-0.1, -0.05) is 30.0 Å². The van der Waals surface area contributed by atoms with Gasteiger partial charge in [-0.15, -0.1) is 0 Å². The van der Waals surface area contributed by atoms with E-state index in [1.54, 1.807) is 25.1 Å². The van der Waals surface area contributed by atoms with Crippen LogP contribution < -0.4 is 5.01 Å². The predicted molar refractivity (Wildman–Crippen MR) is 137 cm³/mol. The number of carboxylic acid groups (broad SMARTS) is 1. The number of carbonyl (C=O) groups is 3. The summed E-state index contributed by atoms with van der Waals surface area (Å²) in [5, 5.41) is 20.1. The molecule has 2 heterocycles. The number of benzene rings is 2. The summed E-state index contributed by atoms with van der Waals surface area (Å²) >= 11 is 6.35. The van der Waals surface area contributed by atoms with Gasteiger partial charge in [-0.2, -0.15) is 20.2 Å². The van der Waals surface area contributed by atoms with E-state index in [0.717, 1.165) is 27.9 Å². The van der Waals surface area contributed by atoms with E-state index in [-0.39, 0.29) is 15.8 Å². The van der Waals surface area contributed by atoms with Crippen LogP contribution in [0.2, 0.25) is 0 Å². The topological polar surface area (TPSA) is 103 Å². The van der Waals surface area contributed by atoms with Crippen LogP contribution in [0.1, 0.15) is 34.0 Å². The lowest BCUT2D eigenvalue weighted by molar-refractivity contribution is -0.122. The Balaban J connectivity index is 1.52. The maximum absolute atomic E-state index is 13.0. The van der Waals surface area contributed by atoms with Gasteiger partial charge < -0.3 is 5.11 Å². The zero-order valence-electron chi connectivity index (χ0n) is 18.6. The molecule has 2 aromatic rings. The molecule has 1 unspecified atom stereocenters. The lowest BCUT2D eigenvalue weighted by Gasteiger charge is -2.14. The van der Waals surface area contributed by atoms with Crippen LogP contribution in [0.4, 0.5) is 5.69 Å². The largest absolute Gasteiger partial charge is 0.478 e. The van der Waals surface area contributed by atoms with E-state index in [1.165, 1.54) is 23.4 Å². The van der Waals surface area contributed by atoms with Crippen molar-refractivity contribution < 1.29 is 19.5 Å². The number of hydrogen-bond acceptors (Lipinski definition) is 7. The quantitative estimate of drug-likeness (QED) is 0.381. The molecule has 0 aromatic heterocycles. The van der Waals surface area contributed by atoms with Gasteiger partial charge in [0, 0.05) is 6.21 Å². The number of hydrazone groups is 2. The average molecular weight is 493 g/mol. The SMILES string of the molecule is CC1=NN(c2ccc(C)c(C)c2)C(=O)C1/C=N/N1C(=O)/C(=C/c2cccc(C(=O)O)c2)SC1=S. The smallest absolute Gasteiger partial charge is 0.335 e. The normalized spacial score (nSPS) is 19.6. The maximum atomic E-state index is 13.0. The molecule has 0 radical (unpaired) electrons. The van der Waals surface area contributed by atoms with Gasteiger partial charge in [0.2, 0.25) is 0 Å². The van der Waals surface area contributed by atoms with Crippen molar-refractivity contribution in [1.29, 1.82) is 0 Å². The number of nitrogens with zero attached hydrogens (tertiary/aromatic N) is 4. The summed E-state index contributed by atoms with van der Waals surface area (Å²) in [6.07, 6.45) is 2.94. The molecule has 2 aliphatic heterocycles. The summed E-state index contributed by atoms with van der Waals surface area (Å²) in [4.78, 5) is 37.3. The van der Waals surface area contributed by atoms with Crippen molar-refractivity contribution in [3.05, 3.63) is 69.6 Å². The number of aryl methyl sites for hydroxylation is 2. The fourth-order valence-corrected chi connectivity index (χ4v) is 4.57. The van der Waals surface area contributed by atoms with E-state index >= 15 is 0 Å². The first-order valence-electron chi connectivity index (χ1n) is 10.3. The maximum Gasteiger partial charge on any atom is 0.335 e. The highest BCUT2D eigenvalue weighted by Crippen LogP contribution is 2.33. The summed E-state index contributed by atoms with van der Waals surface area (Å²) in [5.41, 5.74) is 4.06. The first-order chi connectivity index (χ1) is 16.2. The van der Waals surface area contributed by atoms with Crippen molar-refractivity contribution >= 4 is 69.8 Å². The second-order valence-electron chi connectivity index (χ2n) is 7.83. The van der Waals surface area contributed by atoms with E-state index in [4.69, 9.17) is 17.3 Å². The Bertz CT molecular complexity index is 1330. The lowest BCUT2D eigenvalue weighted by Crippen LogP contribution is -2.30. The molecular weight excluding hydrogens is 472 g/mol. The Morgan fingerprint density at radius 3 is 2.62 bits per heavy atom. The van der Waals surface area contributed by atoms with Crippen LogP contribution in [0.15, 0.2) is 57.6 Å². The Morgan fingerprint density at radius 2 is 1.91 bits per heavy atom. The van der Waals surface area contributed by atoms with Crippen molar-refractivity contribution in [3.8, 4) is 0 Å². The van der Waals surface area contributed by atoms with Gasteiger partial charge in [-0.25, -0.2) is 4.79 Å². The van der Waals surface area contributed by atoms with Gasteiger partial charge in [0.1, 0.15) is 5.92 Å². The standard InChI is InChI=1S/C24H20N4O4S2/c1-13-7-8-18(9-14(13)2)27-21(29)19(15(3)26-27)12-25-28-22(30)20(34-24(28)33)11-16-5-4-6-17(10-16)23(31)32/h4-12,19H,1-3H3,(H,31,32)/b20-11-,25-12+. The number of thiocarbonyl (C=S) groups is 1. The molecule has 0 aliphatic carbocycles. The van der Waals surface area contributed by atoms with E-state index in [2.05, 4.69) is 10.2 Å². The van der Waals surface area contributed by atoms with Crippen LogP contribution in [-0.2, 0) is 9.59 Å². The Labute approximate surface area is 205 Å². The van der Waals surface area contributed by atoms with Crippen LogP contribution in [-0.4, -0.2) is 44.1 Å². The molecule has 2 amide bonds. The molecule has 34 heavy (non-hydrogen) atoms. The minimum Gasteiger partial charge on any atom is -0.478 e. The highest BCUT2D eigenvalue weighted by Gasteiger charge is 2.36. The van der Waals surface area contributed by atoms with Gasteiger partial charge in [0.05, 0.1) is 21.9 Å². The predicted octanol–water partition coefficient (Wildman–Crippen LogP) is 4.23. The van der Waals surface area contributed by atoms with Crippen molar-refractivity contribution in [1.82, 2.24) is 5.01 Å². The fourth-order valence-electron chi connectivity index (χ4n) is 3.40. The fraction of sp³-hybridized carbons (Fsp3) is 0.167. The number of carboxylic acids is 1. The minimum absolute atomic E-state index is 0.116. The van der Waals surface area contributed by atoms with Crippen molar-refractivity contribution in [2.45, 2.75) is 20.8 Å². The van der Waals surface area contributed by atoms with E-state index in [0.29, 0.717) is 21.9 Å². The lowest BCUT2D eigenvalue weighted by atomic mass is 10.1. The van der Waals surface area contributed by atoms with E-state index < -0.39 is 17.8 Å². The zero-order valence-corrected chi connectivity index (χ0v) is 20.2. The van der Waals surface area contributed by atoms with Crippen LogP contribution >= 0.6 is 24.0 Å². The molecule has 1 atom stereocenters. The van der Waals surface area contributed by atoms with Crippen LogP contribution in [0.3, 0.4) is 0 Å². The Hall–Kier alpha value is -3.63. The summed E-state index contributed by atoms with van der Waals surface area (Å²) in [6, 6.07) is 11.9. The highest BCUT2D eigenvalue weighted by molar-refractivity contribution is 8.26. The molecule has 0 bridgehead atoms. The Morgan fingerprint density at radius 1 is 1.15 bits per heavy atom. The summed E-state index contributed by atoms with van der Waals surface area (Å²) < 4.78 is 0.216. The van der Waals surface area contributed by atoms with Crippen molar-refractivity contribution in [3.63, 3.8) is 0 Å². The van der Waals surface area contributed by atoms with Crippen LogP contribution in [0.25, 0.3) is 6.08 Å². The van der Waals surface area contributed by atoms with Crippen molar-refractivity contribution in [2.24, 2.45) is 16.1 Å². The number of thioether (sulfide) groups is 1. The van der Waals surface area contributed by atoms with E-state index in [9.17, 15) is 14.4 Å². The van der Waals surface area contributed by atoms with Gasteiger partial charge in [-0.3, -0.25) is 9.59 Å². The first-order valence-corrected chi connectivity index (χ1v) is 11.5. The molecule has 0 spiro atoms. The minimum atomic E-state index is -1.06. The molecule has 172 valence electrons. The Kier molecular flexibility index (Phi) is 6.45. The van der Waals surface area contributed by atoms with Crippen molar-refractivity contribution in [2.75, 3.05) is 5.01 Å². The van der Waals surface area contributed by atoms with Gasteiger partial charge in [-0.05, 0) is 80.0 Å². The number of hydrogen-bond donors (Lipinski definition) is 1. The molecule has 1 fully saturated rings. The molecule has 1 N–H and O–H groups in total. The number of amides is 2. The number of carbonyl (C=O) groups excluding carboxylic acids is 2. The van der Waals surface area contributed by atoms with Gasteiger partial charge in [0.15, 0.2) is 4.32 Å². The molecule has 1 saturated heterocycles. The molecular formula is C24H20N4O4S2. The van der Waals surface area contributed by atoms with E-state index in [1.807, 2.05) is 32.0 Å². The highest BCUT2D eigenvalue weighted by atomic mass is 32.2. The van der Waals surface area contributed by atoms with Gasteiger partial charge >= 0.3 is 5.97 Å². The monoisotopic (exact) mass is 492 g/mol. The second kappa shape index (κ2) is 9.32. The number of aromatic carboxylic acids is 1. The molecule has 10 heteroatoms. The molecule has 2 aliphatic rings. The average Bonchev–Trinajstić information content (AvgIpc) is 3.23. The molecule has 4 rings (SSSR count). The summed E-state index contributed by atoms with van der Waals surface area (Å²) in [5.74, 6) is -2.49. The number of anilines is 1.